The molecule has 2 aliphatic heterocycles. The van der Waals surface area contributed by atoms with Gasteiger partial charge in [0.25, 0.3) is 0 Å². The van der Waals surface area contributed by atoms with E-state index < -0.39 is 0 Å². The van der Waals surface area contributed by atoms with E-state index in [-0.39, 0.29) is 36.7 Å². The molecule has 1 N–H and O–H groups in total. The van der Waals surface area contributed by atoms with Gasteiger partial charge in [-0.1, -0.05) is 12.1 Å². The van der Waals surface area contributed by atoms with Crippen molar-refractivity contribution in [3.63, 3.8) is 0 Å². The first kappa shape index (κ1) is 23.4. The topological polar surface area (TPSA) is 35.6 Å². The molecule has 1 unspecified atom stereocenters. The van der Waals surface area contributed by atoms with Crippen LogP contribution in [0, 0.1) is 11.7 Å². The molecule has 0 bridgehead atoms. The number of amides is 1. The van der Waals surface area contributed by atoms with Gasteiger partial charge in [0.15, 0.2) is 0 Å². The lowest BCUT2D eigenvalue weighted by Gasteiger charge is -2.36. The summed E-state index contributed by atoms with van der Waals surface area (Å²) >= 11 is 0. The summed E-state index contributed by atoms with van der Waals surface area (Å²) in [6.45, 7) is 4.60. The Bertz CT molecular complexity index is 619. The van der Waals surface area contributed by atoms with E-state index >= 15 is 0 Å². The maximum atomic E-state index is 13.1. The van der Waals surface area contributed by atoms with Crippen LogP contribution in [0.5, 0.6) is 0 Å². The van der Waals surface area contributed by atoms with Gasteiger partial charge in [-0.25, -0.2) is 4.39 Å². The van der Waals surface area contributed by atoms with E-state index in [1.165, 1.54) is 25.0 Å². The normalized spacial score (nSPS) is 23.2. The van der Waals surface area contributed by atoms with Crippen LogP contribution in [-0.4, -0.2) is 54.0 Å². The monoisotopic (exact) mass is 431 g/mol. The highest BCUT2D eigenvalue weighted by atomic mass is 35.5. The van der Waals surface area contributed by atoms with E-state index in [0.717, 1.165) is 69.9 Å². The van der Waals surface area contributed by atoms with Gasteiger partial charge < -0.3 is 10.2 Å². The summed E-state index contributed by atoms with van der Waals surface area (Å²) in [6, 6.07) is 7.23. The molecule has 3 fully saturated rings. The van der Waals surface area contributed by atoms with Crippen molar-refractivity contribution >= 4 is 30.7 Å². The third kappa shape index (κ3) is 6.06. The standard InChI is InChI=1S/C21H30FN3O.2ClH/c22-18-7-5-17(6-8-18)15-25-11-1-2-20(25)21(26)24-12-9-19(10-13-24)23-14-16-3-4-16;;/h5-8,16,19-20,23H,1-4,9-15H2;2*1H. The molecule has 0 radical (unpaired) electrons. The van der Waals surface area contributed by atoms with Gasteiger partial charge in [-0.05, 0) is 75.2 Å². The summed E-state index contributed by atoms with van der Waals surface area (Å²) in [7, 11) is 0. The minimum atomic E-state index is -0.207. The molecule has 3 aliphatic rings. The summed E-state index contributed by atoms with van der Waals surface area (Å²) in [5.74, 6) is 0.999. The van der Waals surface area contributed by atoms with Gasteiger partial charge in [-0.2, -0.15) is 0 Å². The highest BCUT2D eigenvalue weighted by Crippen LogP contribution is 2.28. The lowest BCUT2D eigenvalue weighted by Crippen LogP contribution is -2.51. The van der Waals surface area contributed by atoms with Crippen LogP contribution in [0.1, 0.15) is 44.1 Å². The van der Waals surface area contributed by atoms with Crippen LogP contribution in [0.15, 0.2) is 24.3 Å². The van der Waals surface area contributed by atoms with Crippen LogP contribution in [0.25, 0.3) is 0 Å². The number of likely N-dealkylation sites (tertiary alicyclic amines) is 2. The molecule has 2 saturated heterocycles. The Morgan fingerprint density at radius 1 is 1.00 bits per heavy atom. The van der Waals surface area contributed by atoms with Crippen LogP contribution in [0.4, 0.5) is 4.39 Å². The fourth-order valence-electron chi connectivity index (χ4n) is 4.29. The highest BCUT2D eigenvalue weighted by Gasteiger charge is 2.35. The molecule has 28 heavy (non-hydrogen) atoms. The lowest BCUT2D eigenvalue weighted by molar-refractivity contribution is -0.137. The van der Waals surface area contributed by atoms with Crippen molar-refractivity contribution in [2.45, 2.75) is 57.2 Å². The SMILES string of the molecule is Cl.Cl.O=C(C1CCCN1Cc1ccc(F)cc1)N1CCC(NCC2CC2)CC1. The summed E-state index contributed by atoms with van der Waals surface area (Å²) < 4.78 is 13.1. The summed E-state index contributed by atoms with van der Waals surface area (Å²) in [5, 5.41) is 3.68. The fraction of sp³-hybridized carbons (Fsp3) is 0.667. The Morgan fingerprint density at radius 3 is 2.32 bits per heavy atom. The van der Waals surface area contributed by atoms with E-state index in [0.29, 0.717) is 11.9 Å². The molecule has 1 aromatic carbocycles. The minimum Gasteiger partial charge on any atom is -0.341 e. The molecule has 7 heteroatoms. The Labute approximate surface area is 180 Å². The van der Waals surface area contributed by atoms with Crippen molar-refractivity contribution in [3.8, 4) is 0 Å². The largest absolute Gasteiger partial charge is 0.341 e. The van der Waals surface area contributed by atoms with Crippen LogP contribution in [0.3, 0.4) is 0 Å². The smallest absolute Gasteiger partial charge is 0.239 e. The number of halogens is 3. The Balaban J connectivity index is 0.00000140. The molecule has 0 spiro atoms. The van der Waals surface area contributed by atoms with E-state index in [4.69, 9.17) is 0 Å². The number of hydrogen-bond donors (Lipinski definition) is 1. The summed E-state index contributed by atoms with van der Waals surface area (Å²) in [5.41, 5.74) is 1.08. The van der Waals surface area contributed by atoms with Crippen molar-refractivity contribution < 1.29 is 9.18 Å². The quantitative estimate of drug-likeness (QED) is 0.746. The first-order valence-electron chi connectivity index (χ1n) is 10.2. The number of nitrogens with one attached hydrogen (secondary N) is 1. The second-order valence-electron chi connectivity index (χ2n) is 8.21. The first-order chi connectivity index (χ1) is 12.7. The maximum Gasteiger partial charge on any atom is 0.239 e. The van der Waals surface area contributed by atoms with Crippen molar-refractivity contribution in [1.29, 1.82) is 0 Å². The van der Waals surface area contributed by atoms with Crippen molar-refractivity contribution in [1.82, 2.24) is 15.1 Å². The van der Waals surface area contributed by atoms with Crippen molar-refractivity contribution in [2.75, 3.05) is 26.2 Å². The zero-order chi connectivity index (χ0) is 17.9. The van der Waals surface area contributed by atoms with Gasteiger partial charge in [-0.15, -0.1) is 24.8 Å². The number of rotatable bonds is 6. The Hall–Kier alpha value is -0.880. The van der Waals surface area contributed by atoms with E-state index in [1.807, 2.05) is 12.1 Å². The number of benzene rings is 1. The number of carbonyl (C=O) groups excluding carboxylic acids is 1. The van der Waals surface area contributed by atoms with Gasteiger partial charge >= 0.3 is 0 Å². The third-order valence-corrected chi connectivity index (χ3v) is 6.15. The molecule has 4 nitrogen and oxygen atoms in total. The molecule has 4 rings (SSSR count). The first-order valence-corrected chi connectivity index (χ1v) is 10.2. The number of carbonyl (C=O) groups is 1. The van der Waals surface area contributed by atoms with Gasteiger partial charge in [0.1, 0.15) is 5.82 Å². The van der Waals surface area contributed by atoms with Crippen LogP contribution >= 0.6 is 24.8 Å². The lowest BCUT2D eigenvalue weighted by atomic mass is 10.0. The number of piperidine rings is 1. The number of hydrogen-bond acceptors (Lipinski definition) is 3. The predicted octanol–water partition coefficient (Wildman–Crippen LogP) is 3.62. The molecular formula is C21H32Cl2FN3O. The zero-order valence-electron chi connectivity index (χ0n) is 16.3. The molecule has 2 heterocycles. The van der Waals surface area contributed by atoms with Gasteiger partial charge in [0, 0.05) is 25.7 Å². The van der Waals surface area contributed by atoms with E-state index in [1.54, 1.807) is 0 Å². The molecule has 1 saturated carbocycles. The highest BCUT2D eigenvalue weighted by molar-refractivity contribution is 5.85. The molecule has 1 amide bonds. The average Bonchev–Trinajstić information content (AvgIpc) is 3.39. The second-order valence-corrected chi connectivity index (χ2v) is 8.21. The minimum absolute atomic E-state index is 0. The molecule has 1 aromatic rings. The third-order valence-electron chi connectivity index (χ3n) is 6.15. The average molecular weight is 432 g/mol. The maximum absolute atomic E-state index is 13.1. The number of nitrogens with zero attached hydrogens (tertiary/aromatic N) is 2. The molecule has 1 atom stereocenters. The van der Waals surface area contributed by atoms with Crippen LogP contribution < -0.4 is 5.32 Å². The van der Waals surface area contributed by atoms with Gasteiger partial charge in [-0.3, -0.25) is 9.69 Å². The van der Waals surface area contributed by atoms with E-state index in [2.05, 4.69) is 15.1 Å². The summed E-state index contributed by atoms with van der Waals surface area (Å²) in [6.07, 6.45) is 6.93. The molecule has 158 valence electrons. The second kappa shape index (κ2) is 10.8. The van der Waals surface area contributed by atoms with Crippen molar-refractivity contribution in [3.05, 3.63) is 35.6 Å². The Kier molecular flexibility index (Phi) is 9.00. The van der Waals surface area contributed by atoms with Gasteiger partial charge in [0.05, 0.1) is 6.04 Å². The van der Waals surface area contributed by atoms with Crippen molar-refractivity contribution in [2.24, 2.45) is 5.92 Å². The molecule has 0 aromatic heterocycles. The zero-order valence-corrected chi connectivity index (χ0v) is 17.9. The summed E-state index contributed by atoms with van der Waals surface area (Å²) in [4.78, 5) is 17.4. The van der Waals surface area contributed by atoms with Gasteiger partial charge in [0.2, 0.25) is 5.91 Å². The fourth-order valence-corrected chi connectivity index (χ4v) is 4.29. The van der Waals surface area contributed by atoms with Crippen LogP contribution in [-0.2, 0) is 11.3 Å². The molecule has 1 aliphatic carbocycles. The van der Waals surface area contributed by atoms with Crippen LogP contribution in [0.2, 0.25) is 0 Å². The molecular weight excluding hydrogens is 400 g/mol. The predicted molar refractivity (Wildman–Crippen MR) is 115 cm³/mol. The van der Waals surface area contributed by atoms with E-state index in [9.17, 15) is 9.18 Å². The Morgan fingerprint density at radius 2 is 1.68 bits per heavy atom.